The van der Waals surface area contributed by atoms with E-state index in [1.807, 2.05) is 0 Å². The normalized spacial score (nSPS) is 11.5. The average molecular weight is 357 g/mol. The van der Waals surface area contributed by atoms with Gasteiger partial charge in [0.25, 0.3) is 5.95 Å². The van der Waals surface area contributed by atoms with Crippen LogP contribution < -0.4 is 10.1 Å². The van der Waals surface area contributed by atoms with Crippen LogP contribution in [-0.4, -0.2) is 22.8 Å². The molecule has 7 heteroatoms. The van der Waals surface area contributed by atoms with Gasteiger partial charge < -0.3 is 19.0 Å². The lowest BCUT2D eigenvalue weighted by atomic mass is 10.0. The van der Waals surface area contributed by atoms with Crippen LogP contribution in [0.25, 0.3) is 21.7 Å². The van der Waals surface area contributed by atoms with Gasteiger partial charge in [0.1, 0.15) is 11.4 Å². The number of carbonyl (C=O) groups excluding carboxylic acids is 2. The van der Waals surface area contributed by atoms with Crippen molar-refractivity contribution in [3.8, 4) is 11.7 Å². The number of nitrogens with one attached hydrogen (secondary N) is 1. The van der Waals surface area contributed by atoms with Crippen molar-refractivity contribution in [3.05, 3.63) is 30.3 Å². The lowest BCUT2D eigenvalue weighted by Gasteiger charge is -2.20. The van der Waals surface area contributed by atoms with E-state index in [-0.39, 0.29) is 17.3 Å². The minimum atomic E-state index is -0.679. The number of carbonyl (C=O) groups is 2. The molecule has 136 valence electrons. The van der Waals surface area contributed by atoms with Crippen LogP contribution in [0.5, 0.6) is 11.7 Å². The molecule has 0 saturated heterocycles. The third kappa shape index (κ3) is 3.42. The molecule has 3 rings (SSSR count). The lowest BCUT2D eigenvalue weighted by Crippen LogP contribution is -2.27. The minimum absolute atomic E-state index is 0.0347. The zero-order valence-electron chi connectivity index (χ0n) is 14.9. The number of rotatable bonds is 2. The maximum Gasteiger partial charge on any atom is 0.412 e. The van der Waals surface area contributed by atoms with Gasteiger partial charge in [0.05, 0.1) is 11.1 Å². The SMILES string of the molecule is CC(=O)Oc1cc2c(O)c3ccccc3c(NC(=O)OC(C)(C)C)c2o1. The summed E-state index contributed by atoms with van der Waals surface area (Å²) in [5.41, 5.74) is -0.175. The summed E-state index contributed by atoms with van der Waals surface area (Å²) in [6.45, 7) is 6.50. The van der Waals surface area contributed by atoms with E-state index in [1.165, 1.54) is 13.0 Å². The summed E-state index contributed by atoms with van der Waals surface area (Å²) in [6.07, 6.45) is -0.667. The van der Waals surface area contributed by atoms with Gasteiger partial charge in [0.2, 0.25) is 0 Å². The van der Waals surface area contributed by atoms with Crippen molar-refractivity contribution >= 4 is 39.5 Å². The van der Waals surface area contributed by atoms with E-state index in [0.29, 0.717) is 21.8 Å². The van der Waals surface area contributed by atoms with Gasteiger partial charge in [-0.2, -0.15) is 0 Å². The van der Waals surface area contributed by atoms with Crippen LogP contribution in [0.3, 0.4) is 0 Å². The molecule has 0 aliphatic heterocycles. The highest BCUT2D eigenvalue weighted by molar-refractivity contribution is 6.16. The number of ether oxygens (including phenoxy) is 2. The molecule has 0 radical (unpaired) electrons. The van der Waals surface area contributed by atoms with Crippen LogP contribution in [0, 0.1) is 0 Å². The highest BCUT2D eigenvalue weighted by atomic mass is 16.6. The molecule has 0 aliphatic carbocycles. The number of hydrogen-bond donors (Lipinski definition) is 2. The van der Waals surface area contributed by atoms with Gasteiger partial charge in [-0.05, 0) is 20.8 Å². The van der Waals surface area contributed by atoms with Gasteiger partial charge in [-0.1, -0.05) is 24.3 Å². The van der Waals surface area contributed by atoms with E-state index in [0.717, 1.165) is 0 Å². The standard InChI is InChI=1S/C19H19NO6/c1-10(21)24-14-9-13-16(22)12-8-6-5-7-11(12)15(17(13)25-14)20-18(23)26-19(2,3)4/h5-9,22H,1-4H3,(H,20,23). The maximum absolute atomic E-state index is 12.3. The Hall–Kier alpha value is -3.22. The highest BCUT2D eigenvalue weighted by Gasteiger charge is 2.23. The van der Waals surface area contributed by atoms with Gasteiger partial charge in [-0.25, -0.2) is 4.79 Å². The van der Waals surface area contributed by atoms with Crippen LogP contribution in [0.4, 0.5) is 10.5 Å². The molecule has 0 spiro atoms. The Bertz CT molecular complexity index is 1010. The summed E-state index contributed by atoms with van der Waals surface area (Å²) in [6, 6.07) is 8.37. The second-order valence-electron chi connectivity index (χ2n) is 6.80. The number of hydrogen-bond acceptors (Lipinski definition) is 6. The summed E-state index contributed by atoms with van der Waals surface area (Å²) >= 11 is 0. The van der Waals surface area contributed by atoms with E-state index in [2.05, 4.69) is 5.32 Å². The van der Waals surface area contributed by atoms with E-state index in [4.69, 9.17) is 13.9 Å². The zero-order chi connectivity index (χ0) is 19.1. The number of esters is 1. The van der Waals surface area contributed by atoms with E-state index in [1.54, 1.807) is 45.0 Å². The largest absolute Gasteiger partial charge is 0.507 e. The van der Waals surface area contributed by atoms with E-state index < -0.39 is 17.7 Å². The second-order valence-corrected chi connectivity index (χ2v) is 6.80. The van der Waals surface area contributed by atoms with Crippen molar-refractivity contribution in [2.75, 3.05) is 5.32 Å². The number of fused-ring (bicyclic) bond motifs is 2. The van der Waals surface area contributed by atoms with Crippen molar-refractivity contribution in [2.24, 2.45) is 0 Å². The van der Waals surface area contributed by atoms with Gasteiger partial charge in [-0.15, -0.1) is 0 Å². The van der Waals surface area contributed by atoms with Crippen LogP contribution in [-0.2, 0) is 9.53 Å². The summed E-state index contributed by atoms with van der Waals surface area (Å²) in [5.74, 6) is -0.674. The first-order valence-electron chi connectivity index (χ1n) is 8.01. The summed E-state index contributed by atoms with van der Waals surface area (Å²) in [5, 5.41) is 14.6. The number of benzene rings is 2. The molecule has 1 amide bonds. The monoisotopic (exact) mass is 357 g/mol. The molecule has 0 saturated carbocycles. The Morgan fingerprint density at radius 1 is 1.12 bits per heavy atom. The van der Waals surface area contributed by atoms with Crippen LogP contribution in [0.1, 0.15) is 27.7 Å². The van der Waals surface area contributed by atoms with Crippen molar-refractivity contribution in [3.63, 3.8) is 0 Å². The van der Waals surface area contributed by atoms with Crippen LogP contribution >= 0.6 is 0 Å². The first-order chi connectivity index (χ1) is 12.2. The smallest absolute Gasteiger partial charge is 0.412 e. The molecular weight excluding hydrogens is 338 g/mol. The number of phenolic OH excluding ortho intramolecular Hbond substituents is 1. The molecule has 1 heterocycles. The molecule has 1 aromatic heterocycles. The molecule has 2 aromatic carbocycles. The predicted molar refractivity (Wildman–Crippen MR) is 96.6 cm³/mol. The predicted octanol–water partition coefficient (Wildman–Crippen LogP) is 4.56. The molecule has 0 bridgehead atoms. The molecule has 3 aromatic rings. The summed E-state index contributed by atoms with van der Waals surface area (Å²) in [4.78, 5) is 23.5. The molecule has 26 heavy (non-hydrogen) atoms. The second kappa shape index (κ2) is 6.25. The lowest BCUT2D eigenvalue weighted by molar-refractivity contribution is -0.133. The Balaban J connectivity index is 2.19. The van der Waals surface area contributed by atoms with Gasteiger partial charge in [-0.3, -0.25) is 10.1 Å². The summed E-state index contributed by atoms with van der Waals surface area (Å²) in [7, 11) is 0. The first-order valence-corrected chi connectivity index (χ1v) is 8.01. The van der Waals surface area contributed by atoms with Crippen molar-refractivity contribution < 1.29 is 28.6 Å². The third-order valence-electron chi connectivity index (χ3n) is 3.51. The Morgan fingerprint density at radius 2 is 1.77 bits per heavy atom. The topological polar surface area (TPSA) is 98.0 Å². The Kier molecular flexibility index (Phi) is 4.23. The molecule has 0 fully saturated rings. The maximum atomic E-state index is 12.3. The fourth-order valence-electron chi connectivity index (χ4n) is 2.63. The summed E-state index contributed by atoms with van der Waals surface area (Å²) < 4.78 is 15.8. The zero-order valence-corrected chi connectivity index (χ0v) is 14.9. The average Bonchev–Trinajstić information content (AvgIpc) is 2.93. The van der Waals surface area contributed by atoms with Gasteiger partial charge in [0.15, 0.2) is 5.58 Å². The number of furan rings is 1. The van der Waals surface area contributed by atoms with Crippen LogP contribution in [0.2, 0.25) is 0 Å². The van der Waals surface area contributed by atoms with E-state index >= 15 is 0 Å². The molecule has 0 atom stereocenters. The molecule has 0 unspecified atom stereocenters. The molecular formula is C19H19NO6. The molecule has 7 nitrogen and oxygen atoms in total. The fraction of sp³-hybridized carbons (Fsp3) is 0.263. The number of phenols is 1. The van der Waals surface area contributed by atoms with E-state index in [9.17, 15) is 14.7 Å². The molecule has 2 N–H and O–H groups in total. The Labute approximate surface area is 149 Å². The third-order valence-corrected chi connectivity index (χ3v) is 3.51. The quantitative estimate of drug-likeness (QED) is 0.515. The molecule has 0 aliphatic rings. The Morgan fingerprint density at radius 3 is 2.38 bits per heavy atom. The fourth-order valence-corrected chi connectivity index (χ4v) is 2.63. The van der Waals surface area contributed by atoms with Crippen molar-refractivity contribution in [1.82, 2.24) is 0 Å². The van der Waals surface area contributed by atoms with Crippen molar-refractivity contribution in [2.45, 2.75) is 33.3 Å². The minimum Gasteiger partial charge on any atom is -0.507 e. The number of aromatic hydroxyl groups is 1. The van der Waals surface area contributed by atoms with Gasteiger partial charge in [0, 0.05) is 23.8 Å². The highest BCUT2D eigenvalue weighted by Crippen LogP contribution is 2.43. The van der Waals surface area contributed by atoms with Gasteiger partial charge >= 0.3 is 12.1 Å². The number of anilines is 1. The first kappa shape index (κ1) is 17.6. The van der Waals surface area contributed by atoms with Crippen LogP contribution in [0.15, 0.2) is 34.7 Å². The van der Waals surface area contributed by atoms with Crippen molar-refractivity contribution in [1.29, 1.82) is 0 Å². The number of amides is 1.